The molecule has 0 aliphatic carbocycles. The lowest BCUT2D eigenvalue weighted by Gasteiger charge is -2.23. The number of para-hydroxylation sites is 1. The molecule has 0 aromatic heterocycles. The molecule has 5 nitrogen and oxygen atoms in total. The van der Waals surface area contributed by atoms with Gasteiger partial charge in [0.15, 0.2) is 0 Å². The predicted octanol–water partition coefficient (Wildman–Crippen LogP) is 3.73. The van der Waals surface area contributed by atoms with Crippen LogP contribution >= 0.6 is 23.4 Å². The van der Waals surface area contributed by atoms with E-state index in [4.69, 9.17) is 16.3 Å². The number of hydrogen-bond acceptors (Lipinski definition) is 4. The number of benzene rings is 2. The summed E-state index contributed by atoms with van der Waals surface area (Å²) in [5.41, 5.74) is 0.696. The Morgan fingerprint density at radius 3 is 2.85 bits per heavy atom. The second kappa shape index (κ2) is 8.96. The average Bonchev–Trinajstić information content (AvgIpc) is 2.63. The second-order valence-corrected chi connectivity index (χ2v) is 7.49. The first-order chi connectivity index (χ1) is 12.6. The zero-order valence-electron chi connectivity index (χ0n) is 14.0. The molecule has 1 atom stereocenters. The first-order valence-corrected chi connectivity index (χ1v) is 9.59. The van der Waals surface area contributed by atoms with Crippen LogP contribution in [0.15, 0.2) is 53.4 Å². The summed E-state index contributed by atoms with van der Waals surface area (Å²) in [4.78, 5) is 25.2. The van der Waals surface area contributed by atoms with Gasteiger partial charge in [-0.15, -0.1) is 11.8 Å². The third-order valence-corrected chi connectivity index (χ3v) is 5.30. The van der Waals surface area contributed by atoms with E-state index >= 15 is 0 Å². The topological polar surface area (TPSA) is 67.4 Å². The van der Waals surface area contributed by atoms with Gasteiger partial charge < -0.3 is 15.4 Å². The number of carbonyl (C=O) groups is 2. The van der Waals surface area contributed by atoms with Crippen molar-refractivity contribution < 1.29 is 14.3 Å². The first kappa shape index (κ1) is 18.6. The van der Waals surface area contributed by atoms with Gasteiger partial charge >= 0.3 is 0 Å². The van der Waals surface area contributed by atoms with Crippen LogP contribution in [0, 0.1) is 0 Å². The van der Waals surface area contributed by atoms with Gasteiger partial charge in [0.2, 0.25) is 11.8 Å². The van der Waals surface area contributed by atoms with Crippen LogP contribution in [-0.4, -0.2) is 30.2 Å². The molecule has 26 heavy (non-hydrogen) atoms. The van der Waals surface area contributed by atoms with E-state index < -0.39 is 5.25 Å². The molecule has 1 heterocycles. The molecular weight excluding hydrogens is 372 g/mol. The van der Waals surface area contributed by atoms with E-state index in [1.807, 2.05) is 36.4 Å². The second-order valence-electron chi connectivity index (χ2n) is 5.81. The highest BCUT2D eigenvalue weighted by Crippen LogP contribution is 2.38. The average molecular weight is 391 g/mol. The molecule has 0 saturated heterocycles. The molecule has 2 N–H and O–H groups in total. The Morgan fingerprint density at radius 2 is 2.04 bits per heavy atom. The third kappa shape index (κ3) is 5.16. The Kier molecular flexibility index (Phi) is 6.41. The Hall–Kier alpha value is -2.18. The summed E-state index contributed by atoms with van der Waals surface area (Å²) in [6.07, 6.45) is 0.837. The SMILES string of the molecule is O=C(CC1Sc2ccc(Cl)cc2NC1=O)NCCCOc1ccccc1. The van der Waals surface area contributed by atoms with E-state index in [-0.39, 0.29) is 18.2 Å². The van der Waals surface area contributed by atoms with Crippen molar-refractivity contribution in [3.63, 3.8) is 0 Å². The van der Waals surface area contributed by atoms with Gasteiger partial charge in [-0.1, -0.05) is 29.8 Å². The minimum absolute atomic E-state index is 0.137. The summed E-state index contributed by atoms with van der Waals surface area (Å²) in [6, 6.07) is 14.9. The van der Waals surface area contributed by atoms with Crippen LogP contribution in [0.2, 0.25) is 5.02 Å². The summed E-state index contributed by atoms with van der Waals surface area (Å²) in [5, 5.41) is 5.77. The quantitative estimate of drug-likeness (QED) is 0.707. The van der Waals surface area contributed by atoms with Gasteiger partial charge in [-0.05, 0) is 36.8 Å². The molecule has 1 unspecified atom stereocenters. The number of nitrogens with one attached hydrogen (secondary N) is 2. The molecule has 0 spiro atoms. The third-order valence-electron chi connectivity index (χ3n) is 3.79. The maximum atomic E-state index is 12.2. The van der Waals surface area contributed by atoms with Crippen molar-refractivity contribution >= 4 is 40.9 Å². The Labute approximate surface area is 161 Å². The minimum atomic E-state index is -0.441. The fraction of sp³-hybridized carbons (Fsp3) is 0.263. The van der Waals surface area contributed by atoms with Crippen molar-refractivity contribution in [1.82, 2.24) is 5.32 Å². The van der Waals surface area contributed by atoms with Crippen LogP contribution in [0.25, 0.3) is 0 Å². The Morgan fingerprint density at radius 1 is 1.23 bits per heavy atom. The molecule has 0 fully saturated rings. The van der Waals surface area contributed by atoms with Crippen molar-refractivity contribution in [3.05, 3.63) is 53.6 Å². The van der Waals surface area contributed by atoms with Crippen molar-refractivity contribution in [3.8, 4) is 5.75 Å². The van der Waals surface area contributed by atoms with Crippen molar-refractivity contribution in [2.45, 2.75) is 23.0 Å². The van der Waals surface area contributed by atoms with Crippen molar-refractivity contribution in [2.24, 2.45) is 0 Å². The molecule has 2 amide bonds. The molecular formula is C19H19ClN2O3S. The highest BCUT2D eigenvalue weighted by atomic mass is 35.5. The lowest BCUT2D eigenvalue weighted by Crippen LogP contribution is -2.35. The van der Waals surface area contributed by atoms with Crippen LogP contribution in [0.4, 0.5) is 5.69 Å². The van der Waals surface area contributed by atoms with Gasteiger partial charge in [0.25, 0.3) is 0 Å². The van der Waals surface area contributed by atoms with E-state index in [2.05, 4.69) is 10.6 Å². The van der Waals surface area contributed by atoms with Gasteiger partial charge in [-0.2, -0.15) is 0 Å². The molecule has 0 saturated carbocycles. The van der Waals surface area contributed by atoms with Gasteiger partial charge in [0, 0.05) is 22.9 Å². The molecule has 7 heteroatoms. The highest BCUT2D eigenvalue weighted by molar-refractivity contribution is 8.01. The Bertz CT molecular complexity index is 786. The Balaban J connectivity index is 1.39. The number of carbonyl (C=O) groups excluding carboxylic acids is 2. The lowest BCUT2D eigenvalue weighted by atomic mass is 10.2. The number of anilines is 1. The first-order valence-electron chi connectivity index (χ1n) is 8.33. The highest BCUT2D eigenvalue weighted by Gasteiger charge is 2.28. The molecule has 3 rings (SSSR count). The minimum Gasteiger partial charge on any atom is -0.494 e. The van der Waals surface area contributed by atoms with E-state index in [0.717, 1.165) is 10.6 Å². The van der Waals surface area contributed by atoms with E-state index in [1.165, 1.54) is 11.8 Å². The molecule has 0 bridgehead atoms. The maximum absolute atomic E-state index is 12.2. The summed E-state index contributed by atoms with van der Waals surface area (Å²) < 4.78 is 5.57. The number of rotatable bonds is 7. The van der Waals surface area contributed by atoms with Crippen molar-refractivity contribution in [2.75, 3.05) is 18.5 Å². The van der Waals surface area contributed by atoms with Crippen LogP contribution in [-0.2, 0) is 9.59 Å². The largest absolute Gasteiger partial charge is 0.494 e. The number of halogens is 1. The van der Waals surface area contributed by atoms with Crippen LogP contribution < -0.4 is 15.4 Å². The molecule has 2 aromatic carbocycles. The fourth-order valence-corrected chi connectivity index (χ4v) is 3.77. The smallest absolute Gasteiger partial charge is 0.238 e. The van der Waals surface area contributed by atoms with Crippen LogP contribution in [0.5, 0.6) is 5.75 Å². The van der Waals surface area contributed by atoms with E-state index in [1.54, 1.807) is 12.1 Å². The summed E-state index contributed by atoms with van der Waals surface area (Å²) in [7, 11) is 0. The standard InChI is InChI=1S/C19H19ClN2O3S/c20-13-7-8-16-15(11-13)22-19(24)17(26-16)12-18(23)21-9-4-10-25-14-5-2-1-3-6-14/h1-3,5-8,11,17H,4,9-10,12H2,(H,21,23)(H,22,24). The van der Waals surface area contributed by atoms with Crippen LogP contribution in [0.1, 0.15) is 12.8 Å². The molecule has 136 valence electrons. The lowest BCUT2D eigenvalue weighted by molar-refractivity contribution is -0.124. The number of fused-ring (bicyclic) bond motifs is 1. The van der Waals surface area contributed by atoms with Crippen LogP contribution in [0.3, 0.4) is 0 Å². The zero-order chi connectivity index (χ0) is 18.4. The number of thioether (sulfide) groups is 1. The van der Waals surface area contributed by atoms with Gasteiger partial charge in [-0.25, -0.2) is 0 Å². The van der Waals surface area contributed by atoms with Gasteiger partial charge in [0.05, 0.1) is 17.5 Å². The number of amides is 2. The maximum Gasteiger partial charge on any atom is 0.238 e. The summed E-state index contributed by atoms with van der Waals surface area (Å²) in [6.45, 7) is 1.04. The van der Waals surface area contributed by atoms with Gasteiger partial charge in [-0.3, -0.25) is 9.59 Å². The van der Waals surface area contributed by atoms with Crippen molar-refractivity contribution in [1.29, 1.82) is 0 Å². The predicted molar refractivity (Wildman–Crippen MR) is 104 cm³/mol. The van der Waals surface area contributed by atoms with Gasteiger partial charge in [0.1, 0.15) is 5.75 Å². The molecule has 1 aliphatic rings. The normalized spacial score (nSPS) is 15.7. The molecule has 0 radical (unpaired) electrons. The number of hydrogen-bond donors (Lipinski definition) is 2. The zero-order valence-corrected chi connectivity index (χ0v) is 15.6. The number of ether oxygens (including phenoxy) is 1. The monoisotopic (exact) mass is 390 g/mol. The molecule has 2 aromatic rings. The molecule has 1 aliphatic heterocycles. The fourth-order valence-electron chi connectivity index (χ4n) is 2.50. The van der Waals surface area contributed by atoms with E-state index in [9.17, 15) is 9.59 Å². The van der Waals surface area contributed by atoms with E-state index in [0.29, 0.717) is 30.3 Å². The summed E-state index contributed by atoms with van der Waals surface area (Å²) >= 11 is 7.32. The summed E-state index contributed by atoms with van der Waals surface area (Å²) in [5.74, 6) is 0.495.